The molecule has 4 unspecified atom stereocenters. The number of aryl methyl sites for hydroxylation is 2. The number of hydrogen-bond donors (Lipinski definition) is 10. The number of amides is 7. The number of fused-ring (bicyclic) bond motifs is 10. The number of carbonyl (C=O) groups excluding carboxylic acids is 7. The third-order valence-corrected chi connectivity index (χ3v) is 22.3. The first-order valence-corrected chi connectivity index (χ1v) is 32.4. The summed E-state index contributed by atoms with van der Waals surface area (Å²) in [4.78, 5) is 109. The van der Waals surface area contributed by atoms with Crippen molar-refractivity contribution >= 4 is 60.2 Å². The van der Waals surface area contributed by atoms with Gasteiger partial charge in [0, 0.05) is 68.3 Å². The van der Waals surface area contributed by atoms with Gasteiger partial charge in [-0.3, -0.25) is 42.6 Å². The van der Waals surface area contributed by atoms with E-state index >= 15 is 0 Å². The van der Waals surface area contributed by atoms with Crippen LogP contribution in [0.15, 0.2) is 52.8 Å². The van der Waals surface area contributed by atoms with Gasteiger partial charge in [0.25, 0.3) is 0 Å². The quantitative estimate of drug-likeness (QED) is 0.0563. The van der Waals surface area contributed by atoms with Crippen LogP contribution in [0.5, 0.6) is 0 Å². The molecule has 0 saturated carbocycles. The van der Waals surface area contributed by atoms with Crippen molar-refractivity contribution in [3.63, 3.8) is 0 Å². The van der Waals surface area contributed by atoms with Gasteiger partial charge in [-0.05, 0) is 129 Å². The Kier molecular flexibility index (Phi) is 21.7. The molecular weight excluding hydrogens is 1240 g/mol. The molecule has 8 bridgehead atoms. The zero-order valence-electron chi connectivity index (χ0n) is 53.8. The maximum atomic E-state index is 14.4. The van der Waals surface area contributed by atoms with Crippen LogP contribution >= 0.6 is 7.82 Å². The Labute approximate surface area is 541 Å². The van der Waals surface area contributed by atoms with Gasteiger partial charge < -0.3 is 85.4 Å². The number of hydrogen-bond acceptors (Lipinski definition) is 14. The Morgan fingerprint density at radius 2 is 1.32 bits per heavy atom. The zero-order chi connectivity index (χ0) is 66.7. The summed E-state index contributed by atoms with van der Waals surface area (Å²) in [5.74, 6) is -6.86. The standard InChI is InChI=1S/C62H92N13O14P.Co/c1-29-20-39-40(21-30(29)2)75(28-70-39)57-52(84)53(41(27-76)87-57)89-90(85,86)88-31(3)26-69-49(83)18-19-59(8)37(22-46(66)80)56-62(11)61(10,25-48(68)82)36(14-17-45(65)79)51(74-62)33(5)55-60(9,24-47(67)81)34(12-15-43(63)77)38(71-55)23-42-58(6,7)35(13-16-44(64)78)50(72-42)32(4)54(59)73-56;/h20-21,23,28,31,34-38,41,50-53,56-57,76,84H,12-19,22,24-27H2,1-11H3,(H2,63,77)(H2,64,78)(H2,65,79)(H2,66,80)(H2,67,81)(H2,68,82)(H,69,83)(H,85,86);/q-4;/b42-23?,54-32-,55-33-;/t31-,34-,35-,36-,37+,38?,41-,50?,51?,52-,53-,56-,57+,59-,60+,61+,62+;/m1./s1. The Bertz CT molecular complexity index is 3340. The van der Waals surface area contributed by atoms with Gasteiger partial charge in [-0.2, -0.15) is 17.1 Å². The first-order valence-electron chi connectivity index (χ1n) is 30.9. The molecule has 5 saturated heterocycles. The molecule has 7 amide bonds. The number of nitrogens with zero attached hydrogens (tertiary/aromatic N) is 6. The molecule has 6 aliphatic rings. The number of phosphoric acid groups is 1. The number of imidazole rings is 1. The molecule has 29 heteroatoms. The summed E-state index contributed by atoms with van der Waals surface area (Å²) in [5.41, 5.74) is 36.2. The molecule has 6 aliphatic heterocycles. The predicted molar refractivity (Wildman–Crippen MR) is 333 cm³/mol. The van der Waals surface area contributed by atoms with Crippen molar-refractivity contribution in [3.05, 3.63) is 85.2 Å². The number of benzene rings is 1. The van der Waals surface area contributed by atoms with E-state index in [4.69, 9.17) is 69.5 Å². The molecule has 1 aromatic carbocycles. The minimum atomic E-state index is -5.06. The fourth-order valence-corrected chi connectivity index (χ4v) is 17.3. The van der Waals surface area contributed by atoms with Crippen molar-refractivity contribution in [2.45, 2.75) is 207 Å². The molecule has 2 aromatic rings. The molecule has 7 heterocycles. The van der Waals surface area contributed by atoms with Crippen LogP contribution < -0.4 is 39.7 Å². The van der Waals surface area contributed by atoms with Gasteiger partial charge in [-0.25, -0.2) is 9.55 Å². The molecule has 91 heavy (non-hydrogen) atoms. The number of aliphatic hydroxyl groups excluding tert-OH is 2. The van der Waals surface area contributed by atoms with E-state index in [-0.39, 0.29) is 94.0 Å². The number of rotatable bonds is 26. The molecule has 27 nitrogen and oxygen atoms in total. The molecule has 5 fully saturated rings. The molecule has 16 N–H and O–H groups in total. The van der Waals surface area contributed by atoms with Gasteiger partial charge in [0.2, 0.25) is 41.4 Å². The molecule has 0 spiro atoms. The van der Waals surface area contributed by atoms with Crippen molar-refractivity contribution in [1.29, 1.82) is 0 Å². The number of allylic oxidation sites excluding steroid dienone is 3. The summed E-state index contributed by atoms with van der Waals surface area (Å²) in [5, 5.41) is 46.9. The van der Waals surface area contributed by atoms with E-state index in [0.29, 0.717) is 39.3 Å². The second-order valence-electron chi connectivity index (χ2n) is 27.5. The van der Waals surface area contributed by atoms with Crippen molar-refractivity contribution < 1.29 is 83.8 Å². The summed E-state index contributed by atoms with van der Waals surface area (Å²) >= 11 is 0. The number of nitrogens with two attached hydrogens (primary N) is 6. The minimum Gasteiger partial charge on any atom is -0.685 e. The SMILES string of the molecule is C/C1=C2/[N-][C@H]([C@H](CC(N)=O)[C@@]2(C)CCC(=O)NC[C@@H](C)OP(=O)(O)O[C@H]2[C@@H](O)[C@@H](n3cnc4cc(C)c(C)cc43)O[C@@H]2CO)[C@]2(C)[N-]C(/C(C)=C3\[N-]C(C=C4[N-]C1[C@@H](CCC(N)=O)C4(C)C)[C@@H](CCC(N)=O)[C@]3(C)CC(N)=O)[C@@H](CCC(N)=O)[C@]2(C)CC(N)=O.[Co]. The Hall–Kier alpha value is -5.94. The van der Waals surface area contributed by atoms with E-state index in [1.54, 1.807) is 4.57 Å². The number of ether oxygens (including phenoxy) is 1. The minimum absolute atomic E-state index is 0. The number of carbonyl (C=O) groups is 7. The van der Waals surface area contributed by atoms with Crippen LogP contribution in [0.1, 0.15) is 150 Å². The van der Waals surface area contributed by atoms with Crippen LogP contribution in [0.2, 0.25) is 0 Å². The molecule has 1 aromatic heterocycles. The second-order valence-corrected chi connectivity index (χ2v) is 28.9. The number of nitrogens with one attached hydrogen (secondary N) is 1. The van der Waals surface area contributed by atoms with Crippen LogP contribution in [-0.2, 0) is 68.7 Å². The maximum absolute atomic E-state index is 14.4. The Balaban J connectivity index is 0.0000118. The number of aliphatic hydroxyl groups is 2. The molecule has 8 rings (SSSR count). The third-order valence-electron chi connectivity index (χ3n) is 21.2. The zero-order valence-corrected chi connectivity index (χ0v) is 55.7. The van der Waals surface area contributed by atoms with E-state index in [9.17, 15) is 53.2 Å². The predicted octanol–water partition coefficient (Wildman–Crippen LogP) is 4.85. The molecule has 18 atom stereocenters. The van der Waals surface area contributed by atoms with Crippen LogP contribution in [0.4, 0.5) is 0 Å². The van der Waals surface area contributed by atoms with Crippen molar-refractivity contribution in [1.82, 2.24) is 14.9 Å². The largest absolute Gasteiger partial charge is 0.685 e. The fourth-order valence-electron chi connectivity index (χ4n) is 16.1. The number of primary amides is 6. The first-order chi connectivity index (χ1) is 41.8. The summed E-state index contributed by atoms with van der Waals surface area (Å²) in [7, 11) is -5.06. The normalized spacial score (nSPS) is 35.7. The summed E-state index contributed by atoms with van der Waals surface area (Å²) in [6, 6.07) is 0.417. The van der Waals surface area contributed by atoms with Gasteiger partial charge in [-0.1, -0.05) is 53.6 Å². The summed E-state index contributed by atoms with van der Waals surface area (Å²) in [6.45, 7) is 19.5. The van der Waals surface area contributed by atoms with Gasteiger partial charge in [0.05, 0.1) is 30.1 Å². The molecule has 507 valence electrons. The maximum Gasteiger partial charge on any atom is 0.472 e. The monoisotopic (exact) mass is 1330 g/mol. The molecular formula is C62H92CoN13O14P-4. The average molecular weight is 1330 g/mol. The van der Waals surface area contributed by atoms with Crippen LogP contribution in [0, 0.1) is 59.2 Å². The van der Waals surface area contributed by atoms with E-state index in [2.05, 4.69) is 10.3 Å². The average Bonchev–Trinajstić information content (AvgIpc) is 1.53. The van der Waals surface area contributed by atoms with Gasteiger partial charge in [-0.15, -0.1) is 34.8 Å². The smallest absolute Gasteiger partial charge is 0.472 e. The van der Waals surface area contributed by atoms with Gasteiger partial charge in [0.15, 0.2) is 6.23 Å². The van der Waals surface area contributed by atoms with E-state index < -0.39 is 161 Å². The van der Waals surface area contributed by atoms with E-state index in [1.807, 2.05) is 87.4 Å². The van der Waals surface area contributed by atoms with E-state index in [0.717, 1.165) is 11.1 Å². The van der Waals surface area contributed by atoms with Crippen LogP contribution in [0.25, 0.3) is 32.3 Å². The van der Waals surface area contributed by atoms with Gasteiger partial charge >= 0.3 is 7.82 Å². The molecule has 1 radical (unpaired) electrons. The Morgan fingerprint density at radius 1 is 0.747 bits per heavy atom. The van der Waals surface area contributed by atoms with Crippen LogP contribution in [0.3, 0.4) is 0 Å². The molecule has 0 aliphatic carbocycles. The van der Waals surface area contributed by atoms with E-state index in [1.165, 1.54) is 13.3 Å². The van der Waals surface area contributed by atoms with Gasteiger partial charge in [0.1, 0.15) is 18.3 Å². The third kappa shape index (κ3) is 14.0. The summed E-state index contributed by atoms with van der Waals surface area (Å²) < 4.78 is 32.3. The summed E-state index contributed by atoms with van der Waals surface area (Å²) in [6.07, 6.45) is -3.96. The Morgan fingerprint density at radius 3 is 1.90 bits per heavy atom. The fraction of sp³-hybridized carbons (Fsp3) is 0.677. The van der Waals surface area contributed by atoms with Crippen molar-refractivity contribution in [3.8, 4) is 0 Å². The van der Waals surface area contributed by atoms with Crippen LogP contribution in [-0.4, -0.2) is 133 Å². The number of phosphoric ester groups is 1. The number of aromatic nitrogens is 2. The first kappa shape index (κ1) is 72.5. The second kappa shape index (κ2) is 27.2. The van der Waals surface area contributed by atoms with Crippen molar-refractivity contribution in [2.75, 3.05) is 13.2 Å². The van der Waals surface area contributed by atoms with Crippen molar-refractivity contribution in [2.24, 2.45) is 79.7 Å². The topological polar surface area (TPSA) is 467 Å².